The predicted molar refractivity (Wildman–Crippen MR) is 70.2 cm³/mol. The average molecular weight is 252 g/mol. The number of hydrogen-bond donors (Lipinski definition) is 1. The summed E-state index contributed by atoms with van der Waals surface area (Å²) in [6, 6.07) is 0.792. The Morgan fingerprint density at radius 2 is 2.24 bits per heavy atom. The molecule has 0 aliphatic carbocycles. The van der Waals surface area contributed by atoms with Crippen LogP contribution in [0.3, 0.4) is 0 Å². The average Bonchev–Trinajstić information content (AvgIpc) is 3.01. The predicted octanol–water partition coefficient (Wildman–Crippen LogP) is 0.623. The van der Waals surface area contributed by atoms with Crippen molar-refractivity contribution in [3.8, 4) is 0 Å². The first-order valence-corrected chi connectivity index (χ1v) is 7.34. The summed E-state index contributed by atoms with van der Waals surface area (Å²) in [7, 11) is 0. The fraction of sp³-hybridized carbons (Fsp3) is 0.750. The first-order chi connectivity index (χ1) is 8.42. The minimum Gasteiger partial charge on any atom is -0.315 e. The summed E-state index contributed by atoms with van der Waals surface area (Å²) < 4.78 is 0. The number of rotatable bonds is 3. The van der Waals surface area contributed by atoms with Gasteiger partial charge in [-0.05, 0) is 13.0 Å². The van der Waals surface area contributed by atoms with Crippen molar-refractivity contribution in [3.05, 3.63) is 16.6 Å². The van der Waals surface area contributed by atoms with Gasteiger partial charge >= 0.3 is 0 Å². The molecule has 2 aliphatic heterocycles. The quantitative estimate of drug-likeness (QED) is 0.855. The second kappa shape index (κ2) is 5.44. The number of nitrogens with zero attached hydrogens (tertiary/aromatic N) is 3. The molecular weight excluding hydrogens is 232 g/mol. The van der Waals surface area contributed by atoms with E-state index in [1.165, 1.54) is 50.6 Å². The zero-order valence-corrected chi connectivity index (χ0v) is 11.0. The zero-order chi connectivity index (χ0) is 11.5. The van der Waals surface area contributed by atoms with Crippen LogP contribution in [0.25, 0.3) is 0 Å². The summed E-state index contributed by atoms with van der Waals surface area (Å²) in [6.07, 6.45) is 3.33. The van der Waals surface area contributed by atoms with Crippen LogP contribution in [-0.2, 0) is 6.54 Å². The van der Waals surface area contributed by atoms with Crippen LogP contribution in [0.2, 0.25) is 0 Å². The van der Waals surface area contributed by atoms with Crippen LogP contribution in [0.1, 0.15) is 11.3 Å². The van der Waals surface area contributed by atoms with Crippen LogP contribution >= 0.6 is 11.3 Å². The molecule has 0 amide bonds. The van der Waals surface area contributed by atoms with E-state index in [-0.39, 0.29) is 0 Å². The second-order valence-corrected chi connectivity index (χ2v) is 5.90. The normalized spacial score (nSPS) is 27.6. The van der Waals surface area contributed by atoms with Gasteiger partial charge in [-0.1, -0.05) is 0 Å². The summed E-state index contributed by atoms with van der Waals surface area (Å²) in [5.41, 5.74) is 1.93. The highest BCUT2D eigenvalue weighted by Crippen LogP contribution is 2.15. The monoisotopic (exact) mass is 252 g/mol. The molecule has 0 bridgehead atoms. The molecule has 1 aromatic rings. The number of piperazine rings is 1. The molecule has 2 aliphatic rings. The molecule has 1 atom stereocenters. The Kier molecular flexibility index (Phi) is 3.71. The van der Waals surface area contributed by atoms with Gasteiger partial charge in [0.05, 0.1) is 5.51 Å². The maximum Gasteiger partial charge on any atom is 0.0794 e. The lowest BCUT2D eigenvalue weighted by atomic mass is 10.2. The second-order valence-electron chi connectivity index (χ2n) is 4.93. The summed E-state index contributed by atoms with van der Waals surface area (Å²) in [5, 5.41) is 3.46. The van der Waals surface area contributed by atoms with E-state index in [1.807, 2.05) is 11.7 Å². The Labute approximate surface area is 107 Å². The van der Waals surface area contributed by atoms with Crippen molar-refractivity contribution in [2.45, 2.75) is 19.0 Å². The van der Waals surface area contributed by atoms with Gasteiger partial charge < -0.3 is 5.32 Å². The van der Waals surface area contributed by atoms with E-state index in [2.05, 4.69) is 20.1 Å². The van der Waals surface area contributed by atoms with Gasteiger partial charge in [0.25, 0.3) is 0 Å². The molecule has 2 fully saturated rings. The standard InChI is InChI=1S/C12H20N4S/c1-2-13-7-11(1)16-5-3-15(4-6-16)9-12-8-14-10-17-12/h8,10-11,13H,1-7,9H2. The maximum absolute atomic E-state index is 4.14. The van der Waals surface area contributed by atoms with Gasteiger partial charge in [-0.25, -0.2) is 0 Å². The largest absolute Gasteiger partial charge is 0.315 e. The van der Waals surface area contributed by atoms with E-state index >= 15 is 0 Å². The summed E-state index contributed by atoms with van der Waals surface area (Å²) in [6.45, 7) is 8.33. The fourth-order valence-electron chi connectivity index (χ4n) is 2.78. The zero-order valence-electron chi connectivity index (χ0n) is 10.1. The van der Waals surface area contributed by atoms with E-state index in [0.29, 0.717) is 0 Å². The molecule has 0 aromatic carbocycles. The van der Waals surface area contributed by atoms with Crippen molar-refractivity contribution in [1.29, 1.82) is 0 Å². The molecule has 1 N–H and O–H groups in total. The highest BCUT2D eigenvalue weighted by Gasteiger charge is 2.25. The first-order valence-electron chi connectivity index (χ1n) is 6.46. The van der Waals surface area contributed by atoms with Crippen LogP contribution < -0.4 is 5.32 Å². The number of nitrogens with one attached hydrogen (secondary N) is 1. The molecule has 2 saturated heterocycles. The molecule has 3 rings (SSSR count). The molecule has 5 heteroatoms. The first kappa shape index (κ1) is 11.6. The van der Waals surface area contributed by atoms with Crippen molar-refractivity contribution >= 4 is 11.3 Å². The van der Waals surface area contributed by atoms with Crippen LogP contribution in [0, 0.1) is 0 Å². The van der Waals surface area contributed by atoms with Gasteiger partial charge in [0, 0.05) is 56.4 Å². The van der Waals surface area contributed by atoms with Crippen LogP contribution in [-0.4, -0.2) is 60.1 Å². The molecule has 0 saturated carbocycles. The number of thiazole rings is 1. The van der Waals surface area contributed by atoms with Crippen molar-refractivity contribution in [2.75, 3.05) is 39.3 Å². The maximum atomic E-state index is 4.14. The van der Waals surface area contributed by atoms with Crippen molar-refractivity contribution < 1.29 is 0 Å². The minimum absolute atomic E-state index is 0.792. The Balaban J connectivity index is 1.47. The van der Waals surface area contributed by atoms with E-state index in [9.17, 15) is 0 Å². The van der Waals surface area contributed by atoms with E-state index in [4.69, 9.17) is 0 Å². The van der Waals surface area contributed by atoms with Crippen molar-refractivity contribution in [2.24, 2.45) is 0 Å². The van der Waals surface area contributed by atoms with Crippen LogP contribution in [0.4, 0.5) is 0 Å². The van der Waals surface area contributed by atoms with Gasteiger partial charge in [-0.15, -0.1) is 11.3 Å². The minimum atomic E-state index is 0.792. The molecule has 3 heterocycles. The highest BCUT2D eigenvalue weighted by molar-refractivity contribution is 7.09. The highest BCUT2D eigenvalue weighted by atomic mass is 32.1. The van der Waals surface area contributed by atoms with E-state index in [0.717, 1.165) is 12.6 Å². The molecule has 0 radical (unpaired) electrons. The van der Waals surface area contributed by atoms with Gasteiger partial charge in [0.1, 0.15) is 0 Å². The van der Waals surface area contributed by atoms with Gasteiger partial charge in [-0.2, -0.15) is 0 Å². The van der Waals surface area contributed by atoms with Crippen LogP contribution in [0.5, 0.6) is 0 Å². The third-order valence-electron chi connectivity index (χ3n) is 3.82. The molecular formula is C12H20N4S. The van der Waals surface area contributed by atoms with E-state index < -0.39 is 0 Å². The van der Waals surface area contributed by atoms with Gasteiger partial charge in [0.2, 0.25) is 0 Å². The lowest BCUT2D eigenvalue weighted by Crippen LogP contribution is -2.50. The summed E-state index contributed by atoms with van der Waals surface area (Å²) in [5.74, 6) is 0. The molecule has 17 heavy (non-hydrogen) atoms. The lowest BCUT2D eigenvalue weighted by molar-refractivity contribution is 0.0987. The number of aromatic nitrogens is 1. The number of hydrogen-bond acceptors (Lipinski definition) is 5. The van der Waals surface area contributed by atoms with Crippen molar-refractivity contribution in [1.82, 2.24) is 20.1 Å². The Morgan fingerprint density at radius 3 is 2.88 bits per heavy atom. The third-order valence-corrected chi connectivity index (χ3v) is 4.58. The topological polar surface area (TPSA) is 31.4 Å². The molecule has 1 aromatic heterocycles. The Hall–Kier alpha value is -0.490. The third kappa shape index (κ3) is 2.85. The van der Waals surface area contributed by atoms with Gasteiger partial charge in [-0.3, -0.25) is 14.8 Å². The smallest absolute Gasteiger partial charge is 0.0794 e. The molecule has 1 unspecified atom stereocenters. The SMILES string of the molecule is c1ncc(CN2CCN(C3CCNC3)CC2)s1. The molecule has 94 valence electrons. The summed E-state index contributed by atoms with van der Waals surface area (Å²) >= 11 is 1.77. The lowest BCUT2D eigenvalue weighted by Gasteiger charge is -2.37. The molecule has 4 nitrogen and oxygen atoms in total. The van der Waals surface area contributed by atoms with Crippen molar-refractivity contribution in [3.63, 3.8) is 0 Å². The van der Waals surface area contributed by atoms with Gasteiger partial charge in [0.15, 0.2) is 0 Å². The Bertz CT molecular complexity index is 326. The Morgan fingerprint density at radius 1 is 1.35 bits per heavy atom. The molecule has 0 spiro atoms. The van der Waals surface area contributed by atoms with Crippen LogP contribution in [0.15, 0.2) is 11.7 Å². The fourth-order valence-corrected chi connectivity index (χ4v) is 3.41. The summed E-state index contributed by atoms with van der Waals surface area (Å²) in [4.78, 5) is 10.7. The van der Waals surface area contributed by atoms with E-state index in [1.54, 1.807) is 11.3 Å².